The first-order chi connectivity index (χ1) is 60.9. The predicted octanol–water partition coefficient (Wildman–Crippen LogP) is 20.3. The van der Waals surface area contributed by atoms with Crippen molar-refractivity contribution >= 4 is 191 Å². The van der Waals surface area contributed by atoms with Crippen LogP contribution in [0.2, 0.25) is 45.2 Å². The normalized spacial score (nSPS) is 26.5. The monoisotopic (exact) mass is 1940 g/mol. The van der Waals surface area contributed by atoms with E-state index in [2.05, 4.69) is 52.5 Å². The van der Waals surface area contributed by atoms with Crippen LogP contribution in [0.25, 0.3) is 0 Å². The maximum absolute atomic E-state index is 14.4. The molecule has 0 saturated heterocycles. The molecule has 129 heavy (non-hydrogen) atoms. The zero-order valence-electron chi connectivity index (χ0n) is 70.0. The van der Waals surface area contributed by atoms with Crippen LogP contribution in [-0.4, -0.2) is 116 Å². The van der Waals surface area contributed by atoms with Crippen molar-refractivity contribution in [1.29, 1.82) is 0 Å². The molecule has 5 aliphatic heterocycles. The molecule has 21 rings (SSSR count). The average Bonchev–Trinajstić information content (AvgIpc) is 1.60. The van der Waals surface area contributed by atoms with Crippen LogP contribution in [0.1, 0.15) is 230 Å². The number of nitrogens with zero attached hydrogens (tertiary/aromatic N) is 1. The van der Waals surface area contributed by atoms with E-state index < -0.39 is 122 Å². The largest absolute Gasteiger partial charge is 0.497 e. The van der Waals surface area contributed by atoms with E-state index in [0.29, 0.717) is 44.1 Å². The minimum atomic E-state index is -2.22. The van der Waals surface area contributed by atoms with E-state index in [0.717, 1.165) is 127 Å². The number of ether oxygens (including phenoxy) is 1. The maximum Gasteiger partial charge on any atom is 0.261 e. The summed E-state index contributed by atoms with van der Waals surface area (Å²) >= 11 is 55.1. The lowest BCUT2D eigenvalue weighted by atomic mass is 9.51. The summed E-state index contributed by atoms with van der Waals surface area (Å²) in [7, 11) is 5.71. The van der Waals surface area contributed by atoms with Crippen LogP contribution < -0.4 is 31.3 Å². The highest BCUT2D eigenvalue weighted by Crippen LogP contribution is 2.62. The van der Waals surface area contributed by atoms with E-state index in [4.69, 9.17) is 109 Å². The second kappa shape index (κ2) is 35.8. The third-order valence-corrected chi connectivity index (χ3v) is 31.2. The molecule has 8 fully saturated rings. The Morgan fingerprint density at radius 3 is 1.07 bits per heavy atom. The first-order valence-corrected chi connectivity index (χ1v) is 45.5. The molecule has 5 unspecified atom stereocenters. The maximum atomic E-state index is 14.4. The number of fused-ring (bicyclic) bond motifs is 11. The summed E-state index contributed by atoms with van der Waals surface area (Å²) in [4.78, 5) is 129. The number of rotatable bonds is 20. The molecule has 13 aliphatic rings. The molecule has 8 aliphatic carbocycles. The highest BCUT2D eigenvalue weighted by atomic mass is 35.5. The van der Waals surface area contributed by atoms with E-state index in [1.165, 1.54) is 67.8 Å². The summed E-state index contributed by atoms with van der Waals surface area (Å²) in [5, 5.41) is 69.0. The number of Topliss-reactive ketones (excluding diaryl/α,β-unsaturated/α-hetero) is 5. The smallest absolute Gasteiger partial charge is 0.261 e. The van der Waals surface area contributed by atoms with Crippen LogP contribution in [0, 0.1) is 33.7 Å². The number of hydrogen-bond acceptors (Lipinski definition) is 17. The Hall–Kier alpha value is -8.58. The number of amides is 5. The number of carbonyl (C=O) groups excluding carboxylic acids is 10. The van der Waals surface area contributed by atoms with Crippen molar-refractivity contribution in [2.45, 2.75) is 194 Å². The fourth-order valence-corrected chi connectivity index (χ4v) is 22.2. The first kappa shape index (κ1) is 95.0. The van der Waals surface area contributed by atoms with Gasteiger partial charge in [-0.25, -0.2) is 13.2 Å². The number of nitrogens with one attached hydrogen (secondary N) is 5. The molecule has 4 bridgehead atoms. The Morgan fingerprint density at radius 1 is 0.380 bits per heavy atom. The number of hydrogen-bond donors (Lipinski definition) is 10. The van der Waals surface area contributed by atoms with Crippen LogP contribution in [0.4, 0.5) is 41.6 Å². The molecule has 8 aromatic rings. The molecule has 10 N–H and O–H groups in total. The molecule has 34 heteroatoms. The number of methoxy groups -OCH3 is 1. The van der Waals surface area contributed by atoms with Gasteiger partial charge in [-0.2, -0.15) is 0 Å². The van der Waals surface area contributed by atoms with Crippen LogP contribution in [0.15, 0.2) is 121 Å². The Morgan fingerprint density at radius 2 is 0.713 bits per heavy atom. The second-order valence-electron chi connectivity index (χ2n) is 35.8. The Balaban J connectivity index is 0.000000124. The van der Waals surface area contributed by atoms with Crippen LogP contribution in [-0.2, 0) is 61.6 Å². The van der Waals surface area contributed by atoms with E-state index in [-0.39, 0.29) is 133 Å². The zero-order chi connectivity index (χ0) is 93.1. The highest BCUT2D eigenvalue weighted by molar-refractivity contribution is 6.41. The number of halogens is 12. The summed E-state index contributed by atoms with van der Waals surface area (Å²) in [5.74, 6) is -6.22. The van der Waals surface area contributed by atoms with E-state index >= 15 is 0 Å². The SMILES string of the molecule is CCC12CCC(C(=O)CC3(O)C(=O)Nc4c(Cl)ccc(Cl)c43)(CC1)CC2.CN(C)C12CCC(C(=O)CC3(O)C(=O)Nc4c(Cl)ccc(Cl)c43)(CC1)CC2.COc1ccc(C(=O)CC2(O)C(=O)Nc3c(F)ccc(Cl)c32)cc1.O=C(CC1(O)C(=O)Nc2c(Cl)ccc(Cl)c21)c1ccc(C2CC2)c(F)c1.O=C(CC1(O)C(=O)Nc2c(Cl)ccc(Cl)c21)c1ccc(C2CC2)cc1F. The van der Waals surface area contributed by atoms with Gasteiger partial charge in [0.1, 0.15) is 34.8 Å². The lowest BCUT2D eigenvalue weighted by molar-refractivity contribution is -0.150. The van der Waals surface area contributed by atoms with E-state index in [9.17, 15) is 86.6 Å². The van der Waals surface area contributed by atoms with Crippen molar-refractivity contribution in [3.63, 3.8) is 0 Å². The molecule has 0 spiro atoms. The molecular weight excluding hydrogens is 1860 g/mol. The summed E-state index contributed by atoms with van der Waals surface area (Å²) in [5.41, 5.74) is -7.82. The molecule has 22 nitrogen and oxygen atoms in total. The van der Waals surface area contributed by atoms with Gasteiger partial charge >= 0.3 is 0 Å². The summed E-state index contributed by atoms with van der Waals surface area (Å²) in [6.45, 7) is 2.23. The first-order valence-electron chi connectivity index (χ1n) is 42.1. The lowest BCUT2D eigenvalue weighted by Crippen LogP contribution is -2.56. The van der Waals surface area contributed by atoms with E-state index in [1.54, 1.807) is 48.5 Å². The molecular formula is C95H88Cl9F3N6O16. The van der Waals surface area contributed by atoms with E-state index in [1.807, 2.05) is 0 Å². The van der Waals surface area contributed by atoms with Gasteiger partial charge in [0.2, 0.25) is 0 Å². The van der Waals surface area contributed by atoms with Crippen molar-refractivity contribution in [3.8, 4) is 5.75 Å². The number of anilines is 5. The molecule has 5 amide bonds. The molecule has 5 heterocycles. The van der Waals surface area contributed by atoms with Gasteiger partial charge in [0.15, 0.2) is 45.4 Å². The second-order valence-corrected chi connectivity index (χ2v) is 39.4. The van der Waals surface area contributed by atoms with Crippen LogP contribution in [0.5, 0.6) is 5.75 Å². The minimum absolute atomic E-state index is 0.00906. The summed E-state index contributed by atoms with van der Waals surface area (Å²) in [6, 6.07) is 29.4. The van der Waals surface area contributed by atoms with Gasteiger partial charge in [-0.15, -0.1) is 0 Å². The molecule has 8 aromatic carbocycles. The Kier molecular flexibility index (Phi) is 26.3. The van der Waals surface area contributed by atoms with Crippen LogP contribution >= 0.6 is 104 Å². The van der Waals surface area contributed by atoms with Gasteiger partial charge in [-0.05, 0) is 248 Å². The average molecular weight is 1950 g/mol. The zero-order valence-corrected chi connectivity index (χ0v) is 76.8. The quantitative estimate of drug-likeness (QED) is 0.0317. The number of aliphatic hydroxyl groups is 5. The summed E-state index contributed by atoms with van der Waals surface area (Å²) < 4.78 is 47.4. The number of ketones is 5. The fourth-order valence-electron chi connectivity index (χ4n) is 19.8. The Labute approximate surface area is 784 Å². The molecule has 0 radical (unpaired) electrons. The molecule has 5 atom stereocenters. The predicted molar refractivity (Wildman–Crippen MR) is 485 cm³/mol. The topological polar surface area (TPSA) is 344 Å². The van der Waals surface area contributed by atoms with Crippen molar-refractivity contribution in [3.05, 3.63) is 240 Å². The van der Waals surface area contributed by atoms with Crippen molar-refractivity contribution in [1.82, 2.24) is 4.90 Å². The molecule has 8 saturated carbocycles. The Bertz CT molecular complexity index is 6030. The van der Waals surface area contributed by atoms with Gasteiger partial charge in [0.25, 0.3) is 29.5 Å². The number of benzene rings is 8. The van der Waals surface area contributed by atoms with Crippen LogP contribution in [0.3, 0.4) is 0 Å². The third kappa shape index (κ3) is 17.3. The molecule has 678 valence electrons. The third-order valence-electron chi connectivity index (χ3n) is 28.3. The van der Waals surface area contributed by atoms with Crippen molar-refractivity contribution in [2.75, 3.05) is 47.8 Å². The minimum Gasteiger partial charge on any atom is -0.497 e. The van der Waals surface area contributed by atoms with Crippen molar-refractivity contribution < 1.29 is 91.4 Å². The van der Waals surface area contributed by atoms with Gasteiger partial charge in [-0.1, -0.05) is 136 Å². The van der Waals surface area contributed by atoms with Crippen molar-refractivity contribution in [2.24, 2.45) is 16.2 Å². The lowest BCUT2D eigenvalue weighted by Gasteiger charge is -2.55. The molecule has 0 aromatic heterocycles. The van der Waals surface area contributed by atoms with Gasteiger partial charge < -0.3 is 61.8 Å². The van der Waals surface area contributed by atoms with Gasteiger partial charge in [0, 0.05) is 93.3 Å². The number of carbonyl (C=O) groups is 10. The van der Waals surface area contributed by atoms with Gasteiger partial charge in [-0.3, -0.25) is 47.9 Å². The fraction of sp³-hybridized carbons (Fsp3) is 0.389. The standard InChI is InChI=1S/C20H24Cl2N2O3.C20H23Cl2NO3.2C19H14Cl2FNO3.C17H13ClFNO4/c1-24(2)19-8-5-18(6-9-19,7-10-19)14(25)11-20(27)15-12(21)3-4-13(22)16(15)23-17(20)26;1-2-18-5-8-19(9-6-18,10-7-18)14(24)11-20(26)15-12(21)3-4-13(22)16(15)23-17(20)25;20-12-5-6-13(21)17-16(12)19(26,18(25)23-17)8-15(24)10-3-4-11(9-1-2-9)14(22)7-10;20-12-5-6-13(21)17-16(12)19(26,18(25)23-17)8-15(24)11-4-3-10(7-14(11)22)9-1-2-9;1-24-10-4-2-9(3-5-10)13(21)8-17(23)14-11(18)6-7-12(19)15(14)20-16(17)22/h3-4,27H,5-11H2,1-2H3,(H,23,26);3-4,26H,2,5-11H2,1H3,(H,23,25);2*3-7,9,26H,1-2,8H2,(H,23,25);2-7,23H,8H2,1H3,(H,20,22). The highest BCUT2D eigenvalue weighted by Gasteiger charge is 2.60. The van der Waals surface area contributed by atoms with Gasteiger partial charge in [0.05, 0.1) is 80.5 Å². The summed E-state index contributed by atoms with van der Waals surface area (Å²) in [6.07, 6.45) is 13.9.